The molecule has 0 aliphatic carbocycles. The Labute approximate surface area is 76.7 Å². The number of nitrogens with two attached hydrogens (primary N) is 1. The number of pyridine rings is 1. The number of rotatable bonds is 3. The van der Waals surface area contributed by atoms with Gasteiger partial charge in [-0.25, -0.2) is 0 Å². The topological polar surface area (TPSA) is 65.2 Å². The Bertz CT molecular complexity index is 300. The zero-order valence-electron chi connectivity index (χ0n) is 7.65. The van der Waals surface area contributed by atoms with Crippen molar-refractivity contribution in [1.29, 1.82) is 0 Å². The average molecular weight is 180 g/mol. The van der Waals surface area contributed by atoms with Crippen LogP contribution in [0.5, 0.6) is 0 Å². The van der Waals surface area contributed by atoms with E-state index < -0.39 is 11.5 Å². The van der Waals surface area contributed by atoms with Crippen molar-refractivity contribution >= 4 is 5.91 Å². The van der Waals surface area contributed by atoms with Crippen LogP contribution in [-0.4, -0.2) is 18.0 Å². The highest BCUT2D eigenvalue weighted by atomic mass is 16.5. The van der Waals surface area contributed by atoms with Gasteiger partial charge in [0, 0.05) is 25.1 Å². The summed E-state index contributed by atoms with van der Waals surface area (Å²) in [6.07, 6.45) is 3.19. The lowest BCUT2D eigenvalue weighted by Crippen LogP contribution is -2.40. The second-order valence-electron chi connectivity index (χ2n) is 2.84. The molecule has 13 heavy (non-hydrogen) atoms. The first-order chi connectivity index (χ1) is 6.11. The Hall–Kier alpha value is -1.42. The van der Waals surface area contributed by atoms with Gasteiger partial charge in [0.25, 0.3) is 5.91 Å². The van der Waals surface area contributed by atoms with Crippen LogP contribution in [-0.2, 0) is 15.1 Å². The van der Waals surface area contributed by atoms with E-state index in [2.05, 4.69) is 4.98 Å². The average Bonchev–Trinajstić information content (AvgIpc) is 2.17. The van der Waals surface area contributed by atoms with Gasteiger partial charge in [-0.05, 0) is 13.0 Å². The van der Waals surface area contributed by atoms with Crippen LogP contribution < -0.4 is 5.73 Å². The number of hydrogen-bond acceptors (Lipinski definition) is 3. The second kappa shape index (κ2) is 3.53. The molecule has 2 N–H and O–H groups in total. The summed E-state index contributed by atoms with van der Waals surface area (Å²) in [5, 5.41) is 0. The lowest BCUT2D eigenvalue weighted by molar-refractivity contribution is -0.139. The molecule has 1 heterocycles. The molecule has 1 aromatic rings. The molecule has 1 unspecified atom stereocenters. The monoisotopic (exact) mass is 180 g/mol. The van der Waals surface area contributed by atoms with Gasteiger partial charge in [0.2, 0.25) is 0 Å². The predicted octanol–water partition coefficient (Wildman–Crippen LogP) is 0.428. The van der Waals surface area contributed by atoms with Crippen molar-refractivity contribution in [3.63, 3.8) is 0 Å². The summed E-state index contributed by atoms with van der Waals surface area (Å²) in [6.45, 7) is 1.62. The predicted molar refractivity (Wildman–Crippen MR) is 47.8 cm³/mol. The fraction of sp³-hybridized carbons (Fsp3) is 0.333. The number of nitrogens with zero attached hydrogens (tertiary/aromatic N) is 1. The molecule has 0 saturated carbocycles. The number of primary amides is 1. The smallest absolute Gasteiger partial charge is 0.254 e. The number of amides is 1. The van der Waals surface area contributed by atoms with E-state index >= 15 is 0 Å². The lowest BCUT2D eigenvalue weighted by atomic mass is 9.97. The van der Waals surface area contributed by atoms with Gasteiger partial charge in [0.05, 0.1) is 0 Å². The van der Waals surface area contributed by atoms with E-state index in [1.807, 2.05) is 0 Å². The molecule has 1 rings (SSSR count). The van der Waals surface area contributed by atoms with E-state index in [1.165, 1.54) is 7.11 Å². The number of aromatic nitrogens is 1. The number of carbonyl (C=O) groups excluding carboxylic acids is 1. The van der Waals surface area contributed by atoms with Gasteiger partial charge >= 0.3 is 0 Å². The molecular weight excluding hydrogens is 168 g/mol. The highest BCUT2D eigenvalue weighted by molar-refractivity contribution is 5.84. The molecule has 0 aliphatic rings. The minimum absolute atomic E-state index is 0.525. The van der Waals surface area contributed by atoms with Crippen molar-refractivity contribution in [2.24, 2.45) is 5.73 Å². The van der Waals surface area contributed by atoms with Crippen molar-refractivity contribution in [3.05, 3.63) is 30.1 Å². The first kappa shape index (κ1) is 9.67. The normalized spacial score (nSPS) is 14.9. The molecular formula is C9H12N2O2. The van der Waals surface area contributed by atoms with Crippen molar-refractivity contribution < 1.29 is 9.53 Å². The molecule has 1 amide bonds. The van der Waals surface area contributed by atoms with E-state index in [1.54, 1.807) is 31.5 Å². The highest BCUT2D eigenvalue weighted by Crippen LogP contribution is 2.22. The van der Waals surface area contributed by atoms with Crippen molar-refractivity contribution in [2.75, 3.05) is 7.11 Å². The number of ether oxygens (including phenoxy) is 1. The van der Waals surface area contributed by atoms with E-state index in [0.29, 0.717) is 5.56 Å². The Balaban J connectivity index is 3.11. The first-order valence-electron chi connectivity index (χ1n) is 3.87. The largest absolute Gasteiger partial charge is 0.367 e. The molecule has 0 spiro atoms. The van der Waals surface area contributed by atoms with Gasteiger partial charge in [-0.1, -0.05) is 6.07 Å². The third-order valence-electron chi connectivity index (χ3n) is 2.09. The maximum atomic E-state index is 11.1. The van der Waals surface area contributed by atoms with E-state index in [4.69, 9.17) is 10.5 Å². The summed E-state index contributed by atoms with van der Waals surface area (Å²) in [5.74, 6) is -0.525. The van der Waals surface area contributed by atoms with Crippen LogP contribution >= 0.6 is 0 Å². The Morgan fingerprint density at radius 2 is 2.38 bits per heavy atom. The zero-order valence-corrected chi connectivity index (χ0v) is 7.65. The fourth-order valence-corrected chi connectivity index (χ4v) is 1.01. The number of carbonyl (C=O) groups is 1. The fourth-order valence-electron chi connectivity index (χ4n) is 1.01. The Morgan fingerprint density at radius 1 is 1.69 bits per heavy atom. The van der Waals surface area contributed by atoms with Crippen molar-refractivity contribution in [1.82, 2.24) is 4.98 Å². The second-order valence-corrected chi connectivity index (χ2v) is 2.84. The van der Waals surface area contributed by atoms with Gasteiger partial charge < -0.3 is 10.5 Å². The van der Waals surface area contributed by atoms with Gasteiger partial charge in [0.15, 0.2) is 5.60 Å². The van der Waals surface area contributed by atoms with Gasteiger partial charge in [-0.3, -0.25) is 9.78 Å². The van der Waals surface area contributed by atoms with Gasteiger partial charge in [-0.2, -0.15) is 0 Å². The molecule has 0 aromatic carbocycles. The van der Waals surface area contributed by atoms with E-state index in [-0.39, 0.29) is 0 Å². The Kier molecular flexibility index (Phi) is 2.63. The zero-order chi connectivity index (χ0) is 9.90. The third-order valence-corrected chi connectivity index (χ3v) is 2.09. The van der Waals surface area contributed by atoms with Crippen LogP contribution in [0.4, 0.5) is 0 Å². The molecule has 1 aromatic heterocycles. The number of hydrogen-bond donors (Lipinski definition) is 1. The minimum atomic E-state index is -1.09. The standard InChI is InChI=1S/C9H12N2O2/c1-9(13-2,8(10)12)7-4-3-5-11-6-7/h3-6H,1-2H3,(H2,10,12). The van der Waals surface area contributed by atoms with Gasteiger partial charge in [-0.15, -0.1) is 0 Å². The molecule has 0 bridgehead atoms. The van der Waals surface area contributed by atoms with Crippen LogP contribution in [0.15, 0.2) is 24.5 Å². The number of methoxy groups -OCH3 is 1. The molecule has 0 saturated heterocycles. The SMILES string of the molecule is COC(C)(C(N)=O)c1cccnc1. The van der Waals surface area contributed by atoms with Crippen molar-refractivity contribution in [3.8, 4) is 0 Å². The van der Waals surface area contributed by atoms with Crippen LogP contribution in [0.2, 0.25) is 0 Å². The summed E-state index contributed by atoms with van der Waals surface area (Å²) >= 11 is 0. The minimum Gasteiger partial charge on any atom is -0.367 e. The summed E-state index contributed by atoms with van der Waals surface area (Å²) in [7, 11) is 1.44. The Morgan fingerprint density at radius 3 is 2.77 bits per heavy atom. The van der Waals surface area contributed by atoms with Crippen molar-refractivity contribution in [2.45, 2.75) is 12.5 Å². The third kappa shape index (κ3) is 1.67. The van der Waals surface area contributed by atoms with Crippen LogP contribution in [0.3, 0.4) is 0 Å². The lowest BCUT2D eigenvalue weighted by Gasteiger charge is -2.23. The van der Waals surface area contributed by atoms with Crippen LogP contribution in [0.25, 0.3) is 0 Å². The highest BCUT2D eigenvalue weighted by Gasteiger charge is 2.32. The molecule has 4 nitrogen and oxygen atoms in total. The van der Waals surface area contributed by atoms with Crippen LogP contribution in [0, 0.1) is 0 Å². The summed E-state index contributed by atoms with van der Waals surface area (Å²) < 4.78 is 5.07. The maximum Gasteiger partial charge on any atom is 0.254 e. The molecule has 70 valence electrons. The molecule has 0 radical (unpaired) electrons. The van der Waals surface area contributed by atoms with E-state index in [0.717, 1.165) is 0 Å². The van der Waals surface area contributed by atoms with Crippen LogP contribution in [0.1, 0.15) is 12.5 Å². The molecule has 4 heteroatoms. The molecule has 0 aliphatic heterocycles. The quantitative estimate of drug-likeness (QED) is 0.733. The molecule has 0 fully saturated rings. The van der Waals surface area contributed by atoms with Gasteiger partial charge in [0.1, 0.15) is 0 Å². The first-order valence-corrected chi connectivity index (χ1v) is 3.87. The summed E-state index contributed by atoms with van der Waals surface area (Å²) in [5.41, 5.74) is 4.79. The van der Waals surface area contributed by atoms with E-state index in [9.17, 15) is 4.79 Å². The maximum absolute atomic E-state index is 11.1. The summed E-state index contributed by atoms with van der Waals surface area (Å²) in [4.78, 5) is 15.0. The summed E-state index contributed by atoms with van der Waals surface area (Å²) in [6, 6.07) is 3.48. The molecule has 1 atom stereocenters.